The molecule has 1 aliphatic rings. The first-order chi connectivity index (χ1) is 11.3. The maximum absolute atomic E-state index is 5.60. The van der Waals surface area contributed by atoms with Gasteiger partial charge in [-0.15, -0.1) is 5.10 Å². The average Bonchev–Trinajstić information content (AvgIpc) is 3.09. The summed E-state index contributed by atoms with van der Waals surface area (Å²) in [4.78, 5) is 4.49. The first kappa shape index (κ1) is 15.7. The van der Waals surface area contributed by atoms with Gasteiger partial charge in [0.2, 0.25) is 5.95 Å². The molecule has 1 atom stereocenters. The SMILES string of the molecule is CCc1cccc(C)c1Nc1nncc(NCC2CCCO2)n1. The van der Waals surface area contributed by atoms with Gasteiger partial charge in [-0.1, -0.05) is 25.1 Å². The summed E-state index contributed by atoms with van der Waals surface area (Å²) in [6, 6.07) is 6.26. The molecule has 6 nitrogen and oxygen atoms in total. The van der Waals surface area contributed by atoms with Gasteiger partial charge in [-0.25, -0.2) is 0 Å². The highest BCUT2D eigenvalue weighted by Gasteiger charge is 2.15. The Labute approximate surface area is 136 Å². The summed E-state index contributed by atoms with van der Waals surface area (Å²) < 4.78 is 5.60. The molecule has 122 valence electrons. The van der Waals surface area contributed by atoms with Gasteiger partial charge in [0.15, 0.2) is 5.82 Å². The summed E-state index contributed by atoms with van der Waals surface area (Å²) >= 11 is 0. The van der Waals surface area contributed by atoms with Crippen molar-refractivity contribution in [2.75, 3.05) is 23.8 Å². The Balaban J connectivity index is 1.70. The van der Waals surface area contributed by atoms with Crippen molar-refractivity contribution in [3.05, 3.63) is 35.5 Å². The van der Waals surface area contributed by atoms with Crippen LogP contribution in [0.5, 0.6) is 0 Å². The Bertz CT molecular complexity index is 655. The summed E-state index contributed by atoms with van der Waals surface area (Å²) in [5, 5.41) is 14.7. The minimum absolute atomic E-state index is 0.268. The van der Waals surface area contributed by atoms with Crippen LogP contribution in [-0.4, -0.2) is 34.4 Å². The highest BCUT2D eigenvalue weighted by molar-refractivity contribution is 5.63. The van der Waals surface area contributed by atoms with Crippen LogP contribution >= 0.6 is 0 Å². The molecule has 0 spiro atoms. The van der Waals surface area contributed by atoms with Crippen LogP contribution in [0.2, 0.25) is 0 Å². The molecule has 0 radical (unpaired) electrons. The minimum Gasteiger partial charge on any atom is -0.376 e. The number of benzene rings is 1. The Morgan fingerprint density at radius 1 is 1.35 bits per heavy atom. The van der Waals surface area contributed by atoms with Crippen molar-refractivity contribution in [2.24, 2.45) is 0 Å². The molecule has 2 aromatic rings. The Morgan fingerprint density at radius 3 is 3.04 bits per heavy atom. The second kappa shape index (κ2) is 7.37. The number of rotatable bonds is 6. The second-order valence-electron chi connectivity index (χ2n) is 5.77. The lowest BCUT2D eigenvalue weighted by molar-refractivity contribution is 0.120. The van der Waals surface area contributed by atoms with Crippen molar-refractivity contribution in [1.29, 1.82) is 0 Å². The van der Waals surface area contributed by atoms with Crippen LogP contribution in [0.1, 0.15) is 30.9 Å². The van der Waals surface area contributed by atoms with E-state index in [4.69, 9.17) is 4.74 Å². The Kier molecular flexibility index (Phi) is 5.02. The average molecular weight is 313 g/mol. The van der Waals surface area contributed by atoms with Crippen molar-refractivity contribution in [1.82, 2.24) is 15.2 Å². The maximum Gasteiger partial charge on any atom is 0.249 e. The van der Waals surface area contributed by atoms with E-state index in [-0.39, 0.29) is 6.10 Å². The fraction of sp³-hybridized carbons (Fsp3) is 0.471. The number of nitrogens with zero attached hydrogens (tertiary/aromatic N) is 3. The molecule has 2 N–H and O–H groups in total. The van der Waals surface area contributed by atoms with Gasteiger partial charge < -0.3 is 15.4 Å². The van der Waals surface area contributed by atoms with Crippen molar-refractivity contribution < 1.29 is 4.74 Å². The summed E-state index contributed by atoms with van der Waals surface area (Å²) in [6.07, 6.45) is 5.09. The van der Waals surface area contributed by atoms with Gasteiger partial charge in [0.05, 0.1) is 12.3 Å². The van der Waals surface area contributed by atoms with E-state index >= 15 is 0 Å². The van der Waals surface area contributed by atoms with E-state index in [0.717, 1.165) is 38.1 Å². The number of ether oxygens (including phenoxy) is 1. The fourth-order valence-electron chi connectivity index (χ4n) is 2.78. The van der Waals surface area contributed by atoms with Gasteiger partial charge in [-0.2, -0.15) is 10.1 Å². The normalized spacial score (nSPS) is 17.2. The summed E-state index contributed by atoms with van der Waals surface area (Å²) in [6.45, 7) is 5.82. The number of aryl methyl sites for hydroxylation is 2. The molecule has 1 aromatic heterocycles. The third kappa shape index (κ3) is 3.96. The number of hydrogen-bond donors (Lipinski definition) is 2. The van der Waals surface area contributed by atoms with E-state index < -0.39 is 0 Å². The van der Waals surface area contributed by atoms with Crippen LogP contribution in [0.4, 0.5) is 17.5 Å². The first-order valence-electron chi connectivity index (χ1n) is 8.17. The summed E-state index contributed by atoms with van der Waals surface area (Å²) in [5.41, 5.74) is 3.48. The lowest BCUT2D eigenvalue weighted by Crippen LogP contribution is -2.19. The van der Waals surface area contributed by atoms with Crippen LogP contribution in [0.25, 0.3) is 0 Å². The maximum atomic E-state index is 5.60. The number of para-hydroxylation sites is 1. The first-order valence-corrected chi connectivity index (χ1v) is 8.17. The van der Waals surface area contributed by atoms with Crippen molar-refractivity contribution >= 4 is 17.5 Å². The molecule has 2 heterocycles. The molecule has 1 aliphatic heterocycles. The van der Waals surface area contributed by atoms with Crippen LogP contribution in [0, 0.1) is 6.92 Å². The predicted molar refractivity (Wildman–Crippen MR) is 91.1 cm³/mol. The van der Waals surface area contributed by atoms with Gasteiger partial charge in [0, 0.05) is 18.8 Å². The van der Waals surface area contributed by atoms with E-state index in [1.165, 1.54) is 11.1 Å². The monoisotopic (exact) mass is 313 g/mol. The molecular weight excluding hydrogens is 290 g/mol. The molecule has 1 unspecified atom stereocenters. The molecule has 0 bridgehead atoms. The van der Waals surface area contributed by atoms with Gasteiger partial charge >= 0.3 is 0 Å². The second-order valence-corrected chi connectivity index (χ2v) is 5.77. The van der Waals surface area contributed by atoms with Gasteiger partial charge in [0.1, 0.15) is 0 Å². The number of anilines is 3. The van der Waals surface area contributed by atoms with E-state index in [1.54, 1.807) is 6.20 Å². The third-order valence-corrected chi connectivity index (χ3v) is 4.07. The van der Waals surface area contributed by atoms with Crippen molar-refractivity contribution in [2.45, 2.75) is 39.2 Å². The van der Waals surface area contributed by atoms with E-state index in [2.05, 4.69) is 57.9 Å². The zero-order valence-corrected chi connectivity index (χ0v) is 13.7. The molecule has 6 heteroatoms. The van der Waals surface area contributed by atoms with E-state index in [9.17, 15) is 0 Å². The number of aromatic nitrogens is 3. The Hall–Kier alpha value is -2.21. The lowest BCUT2D eigenvalue weighted by atomic mass is 10.1. The van der Waals surface area contributed by atoms with Crippen LogP contribution in [-0.2, 0) is 11.2 Å². The highest BCUT2D eigenvalue weighted by atomic mass is 16.5. The number of hydrogen-bond acceptors (Lipinski definition) is 6. The Morgan fingerprint density at radius 2 is 2.26 bits per heavy atom. The van der Waals surface area contributed by atoms with Gasteiger partial charge in [-0.05, 0) is 37.3 Å². The molecule has 0 aliphatic carbocycles. The molecule has 3 rings (SSSR count). The molecule has 0 saturated carbocycles. The zero-order valence-electron chi connectivity index (χ0n) is 13.7. The lowest BCUT2D eigenvalue weighted by Gasteiger charge is -2.14. The highest BCUT2D eigenvalue weighted by Crippen LogP contribution is 2.24. The standard InChI is InChI=1S/C17H23N5O/c1-3-13-7-4-6-12(2)16(13)21-17-20-15(11-19-22-17)18-10-14-8-5-9-23-14/h4,6-7,11,14H,3,5,8-10H2,1-2H3,(H2,18,20,21,22). The molecule has 23 heavy (non-hydrogen) atoms. The van der Waals surface area contributed by atoms with Crippen LogP contribution < -0.4 is 10.6 Å². The summed E-state index contributed by atoms with van der Waals surface area (Å²) in [7, 11) is 0. The summed E-state index contributed by atoms with van der Waals surface area (Å²) in [5.74, 6) is 1.22. The van der Waals surface area contributed by atoms with Crippen LogP contribution in [0.3, 0.4) is 0 Å². The smallest absolute Gasteiger partial charge is 0.249 e. The van der Waals surface area contributed by atoms with Crippen molar-refractivity contribution in [3.8, 4) is 0 Å². The van der Waals surface area contributed by atoms with E-state index in [1.807, 2.05) is 0 Å². The number of nitrogens with one attached hydrogen (secondary N) is 2. The molecule has 0 amide bonds. The molecule has 1 aromatic carbocycles. The van der Waals surface area contributed by atoms with Crippen molar-refractivity contribution in [3.63, 3.8) is 0 Å². The predicted octanol–water partition coefficient (Wildman–Crippen LogP) is 3.08. The topological polar surface area (TPSA) is 72.0 Å². The minimum atomic E-state index is 0.268. The quantitative estimate of drug-likeness (QED) is 0.854. The zero-order chi connectivity index (χ0) is 16.1. The van der Waals surface area contributed by atoms with Gasteiger partial charge in [0.25, 0.3) is 0 Å². The third-order valence-electron chi connectivity index (χ3n) is 4.07. The molecular formula is C17H23N5O. The van der Waals surface area contributed by atoms with E-state index in [0.29, 0.717) is 11.8 Å². The molecule has 1 fully saturated rings. The fourth-order valence-corrected chi connectivity index (χ4v) is 2.78. The largest absolute Gasteiger partial charge is 0.376 e. The van der Waals surface area contributed by atoms with Crippen LogP contribution in [0.15, 0.2) is 24.4 Å². The van der Waals surface area contributed by atoms with Gasteiger partial charge in [-0.3, -0.25) is 0 Å². The molecule has 1 saturated heterocycles.